The Morgan fingerprint density at radius 2 is 1.91 bits per heavy atom. The molecule has 0 fully saturated rings. The lowest BCUT2D eigenvalue weighted by Crippen LogP contribution is -2.11. The van der Waals surface area contributed by atoms with E-state index >= 15 is 0 Å². The van der Waals surface area contributed by atoms with Crippen molar-refractivity contribution in [3.8, 4) is 11.5 Å². The van der Waals surface area contributed by atoms with Crippen LogP contribution in [-0.4, -0.2) is 17.7 Å². The predicted octanol–water partition coefficient (Wildman–Crippen LogP) is 3.89. The molecule has 0 aliphatic carbocycles. The van der Waals surface area contributed by atoms with E-state index in [0.29, 0.717) is 22.2 Å². The van der Waals surface area contributed by atoms with E-state index in [4.69, 9.17) is 9.47 Å². The molecule has 0 spiro atoms. The van der Waals surface area contributed by atoms with Crippen LogP contribution in [0.4, 0.5) is 5.13 Å². The topological polar surface area (TPSA) is 60.5 Å². The van der Waals surface area contributed by atoms with Crippen LogP contribution in [0.3, 0.4) is 0 Å². The summed E-state index contributed by atoms with van der Waals surface area (Å²) in [6.07, 6.45) is 0. The van der Waals surface area contributed by atoms with Gasteiger partial charge in [0, 0.05) is 5.56 Å². The van der Waals surface area contributed by atoms with Gasteiger partial charge in [-0.2, -0.15) is 0 Å². The van der Waals surface area contributed by atoms with Gasteiger partial charge >= 0.3 is 0 Å². The molecule has 1 aliphatic heterocycles. The van der Waals surface area contributed by atoms with Crippen molar-refractivity contribution >= 4 is 32.6 Å². The number of fused-ring (bicyclic) bond motifs is 2. The molecule has 1 aromatic heterocycles. The summed E-state index contributed by atoms with van der Waals surface area (Å²) in [5.74, 6) is 1.04. The largest absolute Gasteiger partial charge is 0.454 e. The van der Waals surface area contributed by atoms with Crippen LogP contribution >= 0.6 is 11.3 Å². The zero-order valence-electron chi connectivity index (χ0n) is 12.7. The van der Waals surface area contributed by atoms with Crippen LogP contribution in [-0.2, 0) is 0 Å². The second kappa shape index (κ2) is 5.24. The third kappa shape index (κ3) is 2.41. The molecule has 2 heterocycles. The van der Waals surface area contributed by atoms with E-state index in [0.717, 1.165) is 21.3 Å². The summed E-state index contributed by atoms with van der Waals surface area (Å²) >= 11 is 1.49. The molecule has 23 heavy (non-hydrogen) atoms. The average molecular weight is 326 g/mol. The fourth-order valence-electron chi connectivity index (χ4n) is 2.52. The molecule has 0 atom stereocenters. The number of benzene rings is 2. The van der Waals surface area contributed by atoms with E-state index < -0.39 is 0 Å². The van der Waals surface area contributed by atoms with Crippen molar-refractivity contribution in [3.63, 3.8) is 0 Å². The van der Waals surface area contributed by atoms with E-state index in [2.05, 4.69) is 16.4 Å². The van der Waals surface area contributed by atoms with E-state index in [1.54, 1.807) is 18.2 Å². The van der Waals surface area contributed by atoms with Crippen molar-refractivity contribution in [3.05, 3.63) is 47.0 Å². The Morgan fingerprint density at radius 3 is 2.74 bits per heavy atom. The summed E-state index contributed by atoms with van der Waals surface area (Å²) in [4.78, 5) is 17.0. The zero-order chi connectivity index (χ0) is 16.0. The summed E-state index contributed by atoms with van der Waals surface area (Å²) in [5.41, 5.74) is 3.72. The van der Waals surface area contributed by atoms with Crippen LogP contribution in [0, 0.1) is 13.8 Å². The fourth-order valence-corrected chi connectivity index (χ4v) is 3.53. The molecule has 3 aromatic rings. The lowest BCUT2D eigenvalue weighted by molar-refractivity contribution is 0.102. The Labute approximate surface area is 136 Å². The standard InChI is InChI=1S/C17H14N2O3S/c1-9-3-4-10(2)15-14(9)18-17(23-15)19-16(20)11-5-6-12-13(7-11)22-8-21-12/h3-7H,8H2,1-2H3,(H,18,19,20). The SMILES string of the molecule is Cc1ccc(C)c2sc(NC(=O)c3ccc4c(c3)OCO4)nc12. The quantitative estimate of drug-likeness (QED) is 0.776. The highest BCUT2D eigenvalue weighted by Crippen LogP contribution is 2.34. The van der Waals surface area contributed by atoms with Gasteiger partial charge in [0.2, 0.25) is 6.79 Å². The molecule has 0 unspecified atom stereocenters. The van der Waals surface area contributed by atoms with Crippen molar-refractivity contribution in [1.29, 1.82) is 0 Å². The van der Waals surface area contributed by atoms with Crippen molar-refractivity contribution in [1.82, 2.24) is 4.98 Å². The number of hydrogen-bond acceptors (Lipinski definition) is 5. The maximum Gasteiger partial charge on any atom is 0.257 e. The number of carbonyl (C=O) groups excluding carboxylic acids is 1. The maximum atomic E-state index is 12.4. The molecule has 2 aromatic carbocycles. The van der Waals surface area contributed by atoms with Crippen LogP contribution < -0.4 is 14.8 Å². The number of nitrogens with zero attached hydrogens (tertiary/aromatic N) is 1. The first-order chi connectivity index (χ1) is 11.1. The Balaban J connectivity index is 1.64. The number of hydrogen-bond donors (Lipinski definition) is 1. The predicted molar refractivity (Wildman–Crippen MR) is 89.6 cm³/mol. The third-order valence-electron chi connectivity index (χ3n) is 3.80. The number of carbonyl (C=O) groups is 1. The molecule has 1 amide bonds. The summed E-state index contributed by atoms with van der Waals surface area (Å²) < 4.78 is 11.7. The lowest BCUT2D eigenvalue weighted by Gasteiger charge is -2.02. The molecular weight excluding hydrogens is 312 g/mol. The molecule has 116 valence electrons. The van der Waals surface area contributed by atoms with Crippen LogP contribution in [0.5, 0.6) is 11.5 Å². The molecule has 0 saturated carbocycles. The summed E-state index contributed by atoms with van der Waals surface area (Å²) in [6.45, 7) is 4.26. The van der Waals surface area contributed by atoms with Crippen molar-refractivity contribution in [2.45, 2.75) is 13.8 Å². The number of ether oxygens (including phenoxy) is 2. The monoisotopic (exact) mass is 326 g/mol. The molecular formula is C17H14N2O3S. The number of aryl methyl sites for hydroxylation is 2. The highest BCUT2D eigenvalue weighted by molar-refractivity contribution is 7.22. The van der Waals surface area contributed by atoms with Gasteiger partial charge in [0.25, 0.3) is 5.91 Å². The molecule has 4 rings (SSSR count). The Hall–Kier alpha value is -2.60. The van der Waals surface area contributed by atoms with E-state index in [1.165, 1.54) is 11.3 Å². The van der Waals surface area contributed by atoms with Gasteiger partial charge in [-0.05, 0) is 43.2 Å². The second-order valence-corrected chi connectivity index (χ2v) is 6.42. The molecule has 0 saturated heterocycles. The average Bonchev–Trinajstić information content (AvgIpc) is 3.17. The molecule has 5 nitrogen and oxygen atoms in total. The van der Waals surface area contributed by atoms with Gasteiger partial charge < -0.3 is 9.47 Å². The zero-order valence-corrected chi connectivity index (χ0v) is 13.5. The van der Waals surface area contributed by atoms with Crippen LogP contribution in [0.25, 0.3) is 10.2 Å². The molecule has 1 N–H and O–H groups in total. The molecule has 0 bridgehead atoms. The Kier molecular flexibility index (Phi) is 3.20. The Morgan fingerprint density at radius 1 is 1.13 bits per heavy atom. The fraction of sp³-hybridized carbons (Fsp3) is 0.176. The van der Waals surface area contributed by atoms with Crippen LogP contribution in [0.2, 0.25) is 0 Å². The van der Waals surface area contributed by atoms with Crippen LogP contribution in [0.15, 0.2) is 30.3 Å². The van der Waals surface area contributed by atoms with Gasteiger partial charge in [0.15, 0.2) is 16.6 Å². The first-order valence-electron chi connectivity index (χ1n) is 7.19. The van der Waals surface area contributed by atoms with E-state index in [1.807, 2.05) is 19.9 Å². The van der Waals surface area contributed by atoms with Crippen LogP contribution in [0.1, 0.15) is 21.5 Å². The molecule has 0 radical (unpaired) electrons. The van der Waals surface area contributed by atoms with Gasteiger partial charge in [-0.25, -0.2) is 4.98 Å². The minimum absolute atomic E-state index is 0.191. The second-order valence-electron chi connectivity index (χ2n) is 5.42. The first-order valence-corrected chi connectivity index (χ1v) is 8.01. The highest BCUT2D eigenvalue weighted by atomic mass is 32.1. The summed E-state index contributed by atoms with van der Waals surface area (Å²) in [6, 6.07) is 9.25. The summed E-state index contributed by atoms with van der Waals surface area (Å²) in [5, 5.41) is 3.46. The van der Waals surface area contributed by atoms with E-state index in [9.17, 15) is 4.79 Å². The van der Waals surface area contributed by atoms with Gasteiger partial charge in [0.1, 0.15) is 0 Å². The van der Waals surface area contributed by atoms with Gasteiger partial charge in [-0.3, -0.25) is 10.1 Å². The molecule has 1 aliphatic rings. The number of aromatic nitrogens is 1. The summed E-state index contributed by atoms with van der Waals surface area (Å²) in [7, 11) is 0. The minimum atomic E-state index is -0.210. The molecule has 6 heteroatoms. The smallest absolute Gasteiger partial charge is 0.257 e. The normalized spacial score (nSPS) is 12.6. The number of anilines is 1. The van der Waals surface area contributed by atoms with Crippen molar-refractivity contribution in [2.75, 3.05) is 12.1 Å². The van der Waals surface area contributed by atoms with Crippen molar-refractivity contribution in [2.24, 2.45) is 0 Å². The number of thiazole rings is 1. The lowest BCUT2D eigenvalue weighted by atomic mass is 10.1. The number of rotatable bonds is 2. The maximum absolute atomic E-state index is 12.4. The van der Waals surface area contributed by atoms with E-state index in [-0.39, 0.29) is 12.7 Å². The number of nitrogens with one attached hydrogen (secondary N) is 1. The Bertz CT molecular complexity index is 894. The van der Waals surface area contributed by atoms with Crippen molar-refractivity contribution < 1.29 is 14.3 Å². The third-order valence-corrected chi connectivity index (χ3v) is 4.90. The minimum Gasteiger partial charge on any atom is -0.454 e. The van der Waals surface area contributed by atoms with Gasteiger partial charge in [0.05, 0.1) is 10.2 Å². The number of amides is 1. The van der Waals surface area contributed by atoms with Gasteiger partial charge in [-0.1, -0.05) is 23.5 Å². The van der Waals surface area contributed by atoms with Gasteiger partial charge in [-0.15, -0.1) is 0 Å². The highest BCUT2D eigenvalue weighted by Gasteiger charge is 2.17. The first kappa shape index (κ1) is 14.0.